The Morgan fingerprint density at radius 3 is 2.51 bits per heavy atom. The number of rotatable bonds is 12. The zero-order valence-electron chi connectivity index (χ0n) is 24.5. The summed E-state index contributed by atoms with van der Waals surface area (Å²) in [6, 6.07) is 16.2. The molecule has 3 aromatic heterocycles. The summed E-state index contributed by atoms with van der Waals surface area (Å²) in [5.41, 5.74) is 5.62. The first kappa shape index (κ1) is 28.2. The van der Waals surface area contributed by atoms with E-state index in [-0.39, 0.29) is 5.56 Å². The van der Waals surface area contributed by atoms with Gasteiger partial charge in [-0.2, -0.15) is 0 Å². The average molecular weight is 555 g/mol. The second-order valence-electron chi connectivity index (χ2n) is 10.1. The minimum Gasteiger partial charge on any atom is -0.493 e. The number of ether oxygens (including phenoxy) is 1. The predicted octanol–water partition coefficient (Wildman–Crippen LogP) is 4.89. The lowest BCUT2D eigenvalue weighted by Gasteiger charge is -2.19. The van der Waals surface area contributed by atoms with Crippen LogP contribution in [0.25, 0.3) is 28.2 Å². The molecule has 0 aliphatic rings. The number of benzene rings is 2. The van der Waals surface area contributed by atoms with E-state index in [2.05, 4.69) is 58.1 Å². The monoisotopic (exact) mass is 554 g/mol. The second-order valence-corrected chi connectivity index (χ2v) is 10.1. The Labute approximate surface area is 240 Å². The van der Waals surface area contributed by atoms with Gasteiger partial charge in [-0.25, -0.2) is 14.2 Å². The van der Waals surface area contributed by atoms with Crippen molar-refractivity contribution >= 4 is 5.52 Å². The smallest absolute Gasteiger partial charge is 0.277 e. The molecule has 5 rings (SSSR count). The van der Waals surface area contributed by atoms with Gasteiger partial charge < -0.3 is 9.72 Å². The number of aryl methyl sites for hydroxylation is 2. The van der Waals surface area contributed by atoms with Gasteiger partial charge in [0.15, 0.2) is 11.3 Å². The predicted molar refractivity (Wildman–Crippen MR) is 160 cm³/mol. The molecule has 10 nitrogen and oxygen atoms in total. The van der Waals surface area contributed by atoms with Crippen molar-refractivity contribution in [2.75, 3.05) is 19.7 Å². The minimum atomic E-state index is -0.222. The van der Waals surface area contributed by atoms with Crippen LogP contribution in [0.4, 0.5) is 0 Å². The fourth-order valence-corrected chi connectivity index (χ4v) is 5.15. The molecule has 0 aliphatic carbocycles. The molecule has 0 bridgehead atoms. The van der Waals surface area contributed by atoms with E-state index in [1.165, 1.54) is 0 Å². The van der Waals surface area contributed by atoms with Gasteiger partial charge in [-0.1, -0.05) is 62.4 Å². The number of H-pyrrole nitrogens is 1. The van der Waals surface area contributed by atoms with Crippen molar-refractivity contribution in [3.8, 4) is 28.4 Å². The van der Waals surface area contributed by atoms with Gasteiger partial charge in [-0.15, -0.1) is 10.2 Å². The number of imidazole rings is 1. The number of nitrogens with one attached hydrogen (secondary N) is 1. The molecule has 41 heavy (non-hydrogen) atoms. The largest absolute Gasteiger partial charge is 0.493 e. The van der Waals surface area contributed by atoms with Gasteiger partial charge in [-0.3, -0.25) is 9.69 Å². The molecular weight excluding hydrogens is 516 g/mol. The molecule has 0 unspecified atom stereocenters. The molecule has 0 saturated carbocycles. The number of nitrogens with zero attached hydrogens (tertiary/aromatic N) is 7. The second kappa shape index (κ2) is 12.5. The molecule has 0 fully saturated rings. The highest BCUT2D eigenvalue weighted by molar-refractivity contribution is 5.66. The summed E-state index contributed by atoms with van der Waals surface area (Å²) in [4.78, 5) is 23.1. The lowest BCUT2D eigenvalue weighted by atomic mass is 10.1. The van der Waals surface area contributed by atoms with Crippen LogP contribution in [-0.4, -0.2) is 59.2 Å². The standard InChI is InChI=1S/C31H38N8O2/c1-6-13-27-32-21(5)29-31(40)33-30(35-39(27)29)24-18-22(16-17-26(24)41-9-4)19-38-25(20-37(7-2)8-3)28(34-36-38)23-14-11-10-12-15-23/h10-12,14-18H,6-9,13,19-20H2,1-5H3,(H,33,35,40). The summed E-state index contributed by atoms with van der Waals surface area (Å²) >= 11 is 0. The molecule has 0 aliphatic heterocycles. The van der Waals surface area contributed by atoms with Gasteiger partial charge in [0, 0.05) is 18.5 Å². The van der Waals surface area contributed by atoms with Crippen LogP contribution in [0.1, 0.15) is 56.9 Å². The molecule has 0 saturated heterocycles. The van der Waals surface area contributed by atoms with Crippen molar-refractivity contribution in [3.63, 3.8) is 0 Å². The summed E-state index contributed by atoms with van der Waals surface area (Å²) in [6.45, 7) is 13.8. The fraction of sp³-hybridized carbons (Fsp3) is 0.387. The Bertz CT molecular complexity index is 1680. The average Bonchev–Trinajstić information content (AvgIpc) is 3.53. The molecule has 10 heteroatoms. The minimum absolute atomic E-state index is 0.222. The SMILES string of the molecule is CCCc1nc(C)c2c(=O)[nH]c(-c3cc(Cn4nnc(-c5ccccc5)c4CN(CC)CC)ccc3OCC)nn12. The maximum atomic E-state index is 13.2. The lowest BCUT2D eigenvalue weighted by Crippen LogP contribution is -2.24. The van der Waals surface area contributed by atoms with Gasteiger partial charge in [0.1, 0.15) is 17.3 Å². The van der Waals surface area contributed by atoms with E-state index in [1.807, 2.05) is 54.9 Å². The van der Waals surface area contributed by atoms with Gasteiger partial charge in [0.05, 0.1) is 30.1 Å². The van der Waals surface area contributed by atoms with E-state index < -0.39 is 0 Å². The van der Waals surface area contributed by atoms with Crippen LogP contribution in [0.15, 0.2) is 53.3 Å². The van der Waals surface area contributed by atoms with Crippen molar-refractivity contribution in [3.05, 3.63) is 81.7 Å². The maximum Gasteiger partial charge on any atom is 0.277 e. The molecule has 0 radical (unpaired) electrons. The van der Waals surface area contributed by atoms with E-state index in [1.54, 1.807) is 4.52 Å². The maximum absolute atomic E-state index is 13.2. The third-order valence-corrected chi connectivity index (χ3v) is 7.30. The number of aromatic amines is 1. The van der Waals surface area contributed by atoms with Crippen molar-refractivity contribution in [1.29, 1.82) is 0 Å². The third kappa shape index (κ3) is 5.78. The number of aromatic nitrogens is 7. The van der Waals surface area contributed by atoms with E-state index in [9.17, 15) is 4.79 Å². The highest BCUT2D eigenvalue weighted by Gasteiger charge is 2.20. The Hall–Kier alpha value is -4.31. The van der Waals surface area contributed by atoms with Crippen LogP contribution in [0.5, 0.6) is 5.75 Å². The Morgan fingerprint density at radius 2 is 1.80 bits per heavy atom. The highest BCUT2D eigenvalue weighted by Crippen LogP contribution is 2.30. The first-order chi connectivity index (χ1) is 20.0. The van der Waals surface area contributed by atoms with Gasteiger partial charge in [0.25, 0.3) is 5.56 Å². The van der Waals surface area contributed by atoms with Gasteiger partial charge in [-0.05, 0) is 51.1 Å². The van der Waals surface area contributed by atoms with Crippen LogP contribution in [0.3, 0.4) is 0 Å². The van der Waals surface area contributed by atoms with Crippen molar-refractivity contribution in [2.24, 2.45) is 0 Å². The topological polar surface area (TPSA) is 106 Å². The van der Waals surface area contributed by atoms with Gasteiger partial charge in [0.2, 0.25) is 0 Å². The Balaban J connectivity index is 1.58. The summed E-state index contributed by atoms with van der Waals surface area (Å²) < 4.78 is 9.62. The molecular formula is C31H38N8O2. The fourth-order valence-electron chi connectivity index (χ4n) is 5.15. The van der Waals surface area contributed by atoms with Crippen LogP contribution in [0.2, 0.25) is 0 Å². The van der Waals surface area contributed by atoms with E-state index in [0.29, 0.717) is 41.5 Å². The normalized spacial score (nSPS) is 11.6. The first-order valence-electron chi connectivity index (χ1n) is 14.4. The molecule has 0 amide bonds. The summed E-state index contributed by atoms with van der Waals surface area (Å²) in [6.07, 6.45) is 1.63. The molecule has 5 aromatic rings. The summed E-state index contributed by atoms with van der Waals surface area (Å²) in [7, 11) is 0. The van der Waals surface area contributed by atoms with Crippen molar-refractivity contribution in [2.45, 2.75) is 60.5 Å². The third-order valence-electron chi connectivity index (χ3n) is 7.30. The number of hydrogen-bond donors (Lipinski definition) is 1. The summed E-state index contributed by atoms with van der Waals surface area (Å²) in [5, 5.41) is 14.0. The van der Waals surface area contributed by atoms with Crippen LogP contribution in [0, 0.1) is 6.92 Å². The van der Waals surface area contributed by atoms with Gasteiger partial charge >= 0.3 is 0 Å². The number of fused-ring (bicyclic) bond motifs is 1. The van der Waals surface area contributed by atoms with Crippen LogP contribution < -0.4 is 10.3 Å². The zero-order chi connectivity index (χ0) is 28.9. The molecule has 0 spiro atoms. The van der Waals surface area contributed by atoms with Crippen LogP contribution >= 0.6 is 0 Å². The molecule has 1 N–H and O–H groups in total. The zero-order valence-corrected chi connectivity index (χ0v) is 24.5. The number of hydrogen-bond acceptors (Lipinski definition) is 7. The Morgan fingerprint density at radius 1 is 1.02 bits per heavy atom. The van der Waals surface area contributed by atoms with E-state index in [4.69, 9.17) is 9.84 Å². The molecule has 3 heterocycles. The highest BCUT2D eigenvalue weighted by atomic mass is 16.5. The Kier molecular flexibility index (Phi) is 8.58. The first-order valence-corrected chi connectivity index (χ1v) is 14.4. The molecule has 0 atom stereocenters. The van der Waals surface area contributed by atoms with E-state index in [0.717, 1.165) is 60.8 Å². The van der Waals surface area contributed by atoms with Crippen LogP contribution in [-0.2, 0) is 19.5 Å². The molecule has 214 valence electrons. The van der Waals surface area contributed by atoms with Crippen molar-refractivity contribution in [1.82, 2.24) is 39.5 Å². The van der Waals surface area contributed by atoms with E-state index >= 15 is 0 Å². The summed E-state index contributed by atoms with van der Waals surface area (Å²) in [5.74, 6) is 1.87. The quantitative estimate of drug-likeness (QED) is 0.234. The molecule has 2 aromatic carbocycles. The van der Waals surface area contributed by atoms with Crippen molar-refractivity contribution < 1.29 is 4.74 Å². The lowest BCUT2D eigenvalue weighted by molar-refractivity contribution is 0.286.